The Labute approximate surface area is 163 Å². The lowest BCUT2D eigenvalue weighted by Crippen LogP contribution is -2.45. The van der Waals surface area contributed by atoms with E-state index in [1.165, 1.54) is 6.92 Å². The van der Waals surface area contributed by atoms with Gasteiger partial charge < -0.3 is 10.6 Å². The Morgan fingerprint density at radius 1 is 1.08 bits per heavy atom. The van der Waals surface area contributed by atoms with Crippen molar-refractivity contribution in [3.8, 4) is 0 Å². The van der Waals surface area contributed by atoms with E-state index < -0.39 is 6.04 Å². The highest BCUT2D eigenvalue weighted by Crippen LogP contribution is 2.25. The van der Waals surface area contributed by atoms with E-state index in [9.17, 15) is 9.59 Å². The first-order valence-corrected chi connectivity index (χ1v) is 9.14. The van der Waals surface area contributed by atoms with Crippen molar-refractivity contribution in [2.75, 3.05) is 6.54 Å². The van der Waals surface area contributed by atoms with Crippen molar-refractivity contribution in [2.45, 2.75) is 32.4 Å². The van der Waals surface area contributed by atoms with E-state index >= 15 is 0 Å². The number of halogens is 2. The zero-order valence-corrected chi connectivity index (χ0v) is 16.3. The quantitative estimate of drug-likeness (QED) is 0.714. The van der Waals surface area contributed by atoms with E-state index in [0.29, 0.717) is 16.5 Å². The number of ketones is 1. The second-order valence-electron chi connectivity index (χ2n) is 6.19. The molecule has 2 N–H and O–H groups in total. The molecular weight excluding hydrogens is 371 g/mol. The maximum absolute atomic E-state index is 12.2. The minimum Gasteiger partial charge on any atom is -0.345 e. The van der Waals surface area contributed by atoms with Crippen LogP contribution in [0.5, 0.6) is 0 Å². The maximum Gasteiger partial charge on any atom is 0.234 e. The summed E-state index contributed by atoms with van der Waals surface area (Å²) in [6.45, 7) is 3.48. The van der Waals surface area contributed by atoms with Crippen molar-refractivity contribution in [1.82, 2.24) is 10.6 Å². The number of carbonyl (C=O) groups excluding carboxylic acids is 2. The summed E-state index contributed by atoms with van der Waals surface area (Å²) in [5.74, 6) is -0.311. The summed E-state index contributed by atoms with van der Waals surface area (Å²) in [4.78, 5) is 24.1. The third-order valence-corrected chi connectivity index (χ3v) is 4.67. The van der Waals surface area contributed by atoms with E-state index in [4.69, 9.17) is 23.2 Å². The van der Waals surface area contributed by atoms with Crippen molar-refractivity contribution >= 4 is 34.9 Å². The van der Waals surface area contributed by atoms with Gasteiger partial charge >= 0.3 is 0 Å². The van der Waals surface area contributed by atoms with E-state index in [0.717, 1.165) is 11.1 Å². The van der Waals surface area contributed by atoms with Gasteiger partial charge in [0.2, 0.25) is 5.91 Å². The monoisotopic (exact) mass is 392 g/mol. The summed E-state index contributed by atoms with van der Waals surface area (Å²) in [5.41, 5.74) is 1.86. The van der Waals surface area contributed by atoms with Crippen LogP contribution in [0.15, 0.2) is 48.5 Å². The molecule has 0 saturated carbocycles. The van der Waals surface area contributed by atoms with Gasteiger partial charge in [-0.2, -0.15) is 0 Å². The van der Waals surface area contributed by atoms with Crippen molar-refractivity contribution in [3.63, 3.8) is 0 Å². The average Bonchev–Trinajstić information content (AvgIpc) is 2.60. The first kappa shape index (κ1) is 20.4. The van der Waals surface area contributed by atoms with Crippen LogP contribution in [0.1, 0.15) is 31.0 Å². The highest BCUT2D eigenvalue weighted by molar-refractivity contribution is 6.35. The molecule has 0 aliphatic heterocycles. The fraction of sp³-hybridized carbons (Fsp3) is 0.300. The molecule has 0 aliphatic rings. The minimum absolute atomic E-state index is 0.0732. The molecule has 6 heteroatoms. The molecule has 0 bridgehead atoms. The van der Waals surface area contributed by atoms with Crippen molar-refractivity contribution in [2.24, 2.45) is 0 Å². The molecule has 0 spiro atoms. The van der Waals surface area contributed by atoms with Crippen LogP contribution in [0.25, 0.3) is 0 Å². The number of hydrogen-bond acceptors (Lipinski definition) is 3. The Balaban J connectivity index is 1.90. The summed E-state index contributed by atoms with van der Waals surface area (Å²) in [6, 6.07) is 14.2. The Kier molecular flexibility index (Phi) is 7.64. The summed E-state index contributed by atoms with van der Waals surface area (Å²) < 4.78 is 0. The zero-order valence-electron chi connectivity index (χ0n) is 14.8. The number of hydrogen-bond donors (Lipinski definition) is 2. The summed E-state index contributed by atoms with van der Waals surface area (Å²) in [7, 11) is 0. The number of nitrogens with one attached hydrogen (secondary N) is 2. The van der Waals surface area contributed by atoms with Crippen LogP contribution in [-0.2, 0) is 16.0 Å². The van der Waals surface area contributed by atoms with Crippen LogP contribution in [0, 0.1) is 0 Å². The molecular formula is C20H22Cl2N2O2. The van der Waals surface area contributed by atoms with Crippen LogP contribution >= 0.6 is 23.2 Å². The summed E-state index contributed by atoms with van der Waals surface area (Å²) in [5, 5.41) is 7.02. The van der Waals surface area contributed by atoms with Crippen molar-refractivity contribution < 1.29 is 9.59 Å². The second-order valence-corrected chi connectivity index (χ2v) is 7.03. The molecule has 2 atom stereocenters. The first-order valence-electron chi connectivity index (χ1n) is 8.39. The molecule has 2 aromatic rings. The summed E-state index contributed by atoms with van der Waals surface area (Å²) >= 11 is 12.1. The number of carbonyl (C=O) groups is 2. The Bertz CT molecular complexity index is 766. The SMILES string of the molecule is CC(=O)[C@H](Cc1ccccc1)NC(=O)CN[C@H](C)c1ccc(Cl)cc1Cl. The lowest BCUT2D eigenvalue weighted by atomic mass is 10.0. The van der Waals surface area contributed by atoms with Gasteiger partial charge in [0.15, 0.2) is 5.78 Å². The predicted molar refractivity (Wildman–Crippen MR) is 106 cm³/mol. The molecule has 26 heavy (non-hydrogen) atoms. The van der Waals surface area contributed by atoms with Crippen LogP contribution in [-0.4, -0.2) is 24.3 Å². The Morgan fingerprint density at radius 2 is 1.77 bits per heavy atom. The second kappa shape index (κ2) is 9.72. The number of benzene rings is 2. The van der Waals surface area contributed by atoms with E-state index in [1.807, 2.05) is 43.3 Å². The van der Waals surface area contributed by atoms with Crippen LogP contribution < -0.4 is 10.6 Å². The lowest BCUT2D eigenvalue weighted by Gasteiger charge is -2.19. The molecule has 2 aromatic carbocycles. The molecule has 0 heterocycles. The molecule has 0 radical (unpaired) electrons. The molecule has 0 aliphatic carbocycles. The molecule has 0 saturated heterocycles. The number of amides is 1. The van der Waals surface area contributed by atoms with Crippen LogP contribution in [0.4, 0.5) is 0 Å². The first-order chi connectivity index (χ1) is 12.4. The van der Waals surface area contributed by atoms with Gasteiger partial charge in [0.1, 0.15) is 0 Å². The van der Waals surface area contributed by atoms with Crippen molar-refractivity contribution in [1.29, 1.82) is 0 Å². The van der Waals surface area contributed by atoms with Crippen LogP contribution in [0.3, 0.4) is 0 Å². The van der Waals surface area contributed by atoms with Gasteiger partial charge in [-0.05, 0) is 43.5 Å². The zero-order chi connectivity index (χ0) is 19.1. The van der Waals surface area contributed by atoms with E-state index in [2.05, 4.69) is 10.6 Å². The van der Waals surface area contributed by atoms with Gasteiger partial charge in [-0.15, -0.1) is 0 Å². The maximum atomic E-state index is 12.2. The van der Waals surface area contributed by atoms with Gasteiger partial charge in [-0.1, -0.05) is 59.6 Å². The molecule has 0 aromatic heterocycles. The normalized spacial score (nSPS) is 13.1. The van der Waals surface area contributed by atoms with Crippen molar-refractivity contribution in [3.05, 3.63) is 69.7 Å². The fourth-order valence-electron chi connectivity index (χ4n) is 2.60. The highest BCUT2D eigenvalue weighted by atomic mass is 35.5. The van der Waals surface area contributed by atoms with Gasteiger partial charge in [-0.3, -0.25) is 9.59 Å². The number of rotatable bonds is 8. The number of Topliss-reactive ketones (excluding diaryl/α,β-unsaturated/α-hetero) is 1. The third kappa shape index (κ3) is 6.13. The topological polar surface area (TPSA) is 58.2 Å². The fourth-order valence-corrected chi connectivity index (χ4v) is 3.17. The molecule has 0 unspecified atom stereocenters. The molecule has 138 valence electrons. The largest absolute Gasteiger partial charge is 0.345 e. The molecule has 0 fully saturated rings. The standard InChI is InChI=1S/C20H22Cl2N2O2/c1-13(17-9-8-16(21)11-18(17)22)23-12-20(26)24-19(14(2)25)10-15-6-4-3-5-7-15/h3-9,11,13,19,23H,10,12H2,1-2H3,(H,24,26)/t13-,19+/m1/s1. The van der Waals surface area contributed by atoms with Crippen LogP contribution in [0.2, 0.25) is 10.0 Å². The van der Waals surface area contributed by atoms with Gasteiger partial charge in [0.25, 0.3) is 0 Å². The average molecular weight is 393 g/mol. The van der Waals surface area contributed by atoms with Gasteiger partial charge in [0, 0.05) is 16.1 Å². The molecule has 2 rings (SSSR count). The third-order valence-electron chi connectivity index (χ3n) is 4.11. The highest BCUT2D eigenvalue weighted by Gasteiger charge is 2.18. The van der Waals surface area contributed by atoms with E-state index in [1.54, 1.807) is 12.1 Å². The minimum atomic E-state index is -0.541. The summed E-state index contributed by atoms with van der Waals surface area (Å²) in [6.07, 6.45) is 0.473. The predicted octanol–water partition coefficient (Wildman–Crippen LogP) is 3.96. The molecule has 4 nitrogen and oxygen atoms in total. The Morgan fingerprint density at radius 3 is 2.38 bits per heavy atom. The van der Waals surface area contributed by atoms with Gasteiger partial charge in [0.05, 0.1) is 12.6 Å². The van der Waals surface area contributed by atoms with E-state index in [-0.39, 0.29) is 24.3 Å². The lowest BCUT2D eigenvalue weighted by molar-refractivity contribution is -0.126. The Hall–Kier alpha value is -1.88. The smallest absolute Gasteiger partial charge is 0.234 e. The van der Waals surface area contributed by atoms with Gasteiger partial charge in [-0.25, -0.2) is 0 Å². The molecule has 1 amide bonds.